The van der Waals surface area contributed by atoms with Crippen LogP contribution >= 0.6 is 11.8 Å². The molecule has 2 aromatic heterocycles. The first-order valence-electron chi connectivity index (χ1n) is 11.5. The summed E-state index contributed by atoms with van der Waals surface area (Å²) in [6, 6.07) is 13.0. The second-order valence-electron chi connectivity index (χ2n) is 8.31. The lowest BCUT2D eigenvalue weighted by molar-refractivity contribution is 0.0937. The van der Waals surface area contributed by atoms with Gasteiger partial charge in [-0.2, -0.15) is 0 Å². The Balaban J connectivity index is 1.46. The molecule has 1 atom stereocenters. The van der Waals surface area contributed by atoms with Gasteiger partial charge in [-0.15, -0.1) is 0 Å². The standard InChI is InChI=1S/C26H27N3O5S/c1-16-21(27-24(34-16)19-10-6-12-22(31-2)23(19)32-3)15-35-26-28-20-11-5-4-9-18(20)25(30)29(26)14-17-8-7-13-33-17/h4-6,9-12,17H,7-8,13-15H2,1-3H3. The summed E-state index contributed by atoms with van der Waals surface area (Å²) in [4.78, 5) is 22.9. The Labute approximate surface area is 207 Å². The molecule has 1 saturated heterocycles. The van der Waals surface area contributed by atoms with Crippen LogP contribution in [-0.2, 0) is 17.0 Å². The minimum atomic E-state index is -0.0488. The summed E-state index contributed by atoms with van der Waals surface area (Å²) in [6.07, 6.45) is 1.98. The quantitative estimate of drug-likeness (QED) is 0.254. The summed E-state index contributed by atoms with van der Waals surface area (Å²) in [5.41, 5.74) is 2.13. The van der Waals surface area contributed by atoms with E-state index in [0.717, 1.165) is 25.1 Å². The molecule has 1 aliphatic rings. The van der Waals surface area contributed by atoms with E-state index in [1.165, 1.54) is 11.8 Å². The fraction of sp³-hybridized carbons (Fsp3) is 0.346. The van der Waals surface area contributed by atoms with Crippen LogP contribution in [0, 0.1) is 6.92 Å². The number of aryl methyl sites for hydroxylation is 1. The third-order valence-electron chi connectivity index (χ3n) is 6.10. The maximum absolute atomic E-state index is 13.3. The fourth-order valence-corrected chi connectivity index (χ4v) is 5.29. The SMILES string of the molecule is COc1cccc(-c2nc(CSc3nc4ccccc4c(=O)n3CC3CCCO3)c(C)o2)c1OC. The van der Waals surface area contributed by atoms with Crippen molar-refractivity contribution in [1.82, 2.24) is 14.5 Å². The van der Waals surface area contributed by atoms with Gasteiger partial charge in [-0.3, -0.25) is 9.36 Å². The van der Waals surface area contributed by atoms with Gasteiger partial charge in [0.05, 0.1) is 49.0 Å². The molecule has 0 spiro atoms. The number of methoxy groups -OCH3 is 2. The molecule has 1 fully saturated rings. The summed E-state index contributed by atoms with van der Waals surface area (Å²) in [5.74, 6) is 2.83. The second-order valence-corrected chi connectivity index (χ2v) is 9.26. The number of nitrogens with zero attached hydrogens (tertiary/aromatic N) is 3. The van der Waals surface area contributed by atoms with Crippen molar-refractivity contribution in [3.63, 3.8) is 0 Å². The van der Waals surface area contributed by atoms with Crippen LogP contribution in [0.3, 0.4) is 0 Å². The first-order valence-corrected chi connectivity index (χ1v) is 12.5. The van der Waals surface area contributed by atoms with Crippen molar-refractivity contribution in [2.75, 3.05) is 20.8 Å². The molecule has 3 heterocycles. The van der Waals surface area contributed by atoms with E-state index in [1.807, 2.05) is 49.4 Å². The van der Waals surface area contributed by atoms with Crippen LogP contribution < -0.4 is 15.0 Å². The zero-order valence-corrected chi connectivity index (χ0v) is 20.8. The van der Waals surface area contributed by atoms with Gasteiger partial charge in [0.2, 0.25) is 5.89 Å². The lowest BCUT2D eigenvalue weighted by Crippen LogP contribution is -2.28. The molecule has 0 saturated carbocycles. The normalized spacial score (nSPS) is 15.6. The Morgan fingerprint density at radius 2 is 1.97 bits per heavy atom. The van der Waals surface area contributed by atoms with Crippen LogP contribution in [0.15, 0.2) is 56.8 Å². The van der Waals surface area contributed by atoms with Crippen molar-refractivity contribution in [2.45, 2.75) is 43.3 Å². The molecule has 182 valence electrons. The van der Waals surface area contributed by atoms with Crippen LogP contribution in [-0.4, -0.2) is 41.5 Å². The number of thioether (sulfide) groups is 1. The fourth-order valence-electron chi connectivity index (χ4n) is 4.28. The number of aromatic nitrogens is 3. The molecule has 8 nitrogen and oxygen atoms in total. The van der Waals surface area contributed by atoms with Gasteiger partial charge in [0.15, 0.2) is 16.7 Å². The van der Waals surface area contributed by atoms with E-state index >= 15 is 0 Å². The van der Waals surface area contributed by atoms with Crippen molar-refractivity contribution >= 4 is 22.7 Å². The van der Waals surface area contributed by atoms with Gasteiger partial charge < -0.3 is 18.6 Å². The summed E-state index contributed by atoms with van der Waals surface area (Å²) in [6.45, 7) is 3.10. The molecule has 0 amide bonds. The first-order chi connectivity index (χ1) is 17.1. The first kappa shape index (κ1) is 23.4. The van der Waals surface area contributed by atoms with Gasteiger partial charge in [0, 0.05) is 12.4 Å². The molecule has 1 aliphatic heterocycles. The van der Waals surface area contributed by atoms with Gasteiger partial charge >= 0.3 is 0 Å². The molecule has 0 bridgehead atoms. The van der Waals surface area contributed by atoms with E-state index < -0.39 is 0 Å². The van der Waals surface area contributed by atoms with E-state index in [9.17, 15) is 4.79 Å². The third-order valence-corrected chi connectivity index (χ3v) is 7.09. The maximum atomic E-state index is 13.3. The van der Waals surface area contributed by atoms with Crippen LogP contribution in [0.25, 0.3) is 22.4 Å². The number of ether oxygens (including phenoxy) is 3. The number of benzene rings is 2. The highest BCUT2D eigenvalue weighted by Crippen LogP contribution is 2.38. The van der Waals surface area contributed by atoms with Crippen molar-refractivity contribution < 1.29 is 18.6 Å². The largest absolute Gasteiger partial charge is 0.493 e. The molecule has 4 aromatic rings. The molecule has 35 heavy (non-hydrogen) atoms. The highest BCUT2D eigenvalue weighted by Gasteiger charge is 2.22. The summed E-state index contributed by atoms with van der Waals surface area (Å²) < 4.78 is 24.5. The van der Waals surface area contributed by atoms with Crippen LogP contribution in [0.5, 0.6) is 11.5 Å². The van der Waals surface area contributed by atoms with E-state index in [1.54, 1.807) is 18.8 Å². The predicted molar refractivity (Wildman–Crippen MR) is 134 cm³/mol. The molecule has 5 rings (SSSR count). The van der Waals surface area contributed by atoms with Crippen molar-refractivity contribution in [1.29, 1.82) is 0 Å². The number of hydrogen-bond donors (Lipinski definition) is 0. The van der Waals surface area contributed by atoms with Crippen molar-refractivity contribution in [2.24, 2.45) is 0 Å². The lowest BCUT2D eigenvalue weighted by atomic mass is 10.2. The van der Waals surface area contributed by atoms with Crippen LogP contribution in [0.4, 0.5) is 0 Å². The van der Waals surface area contributed by atoms with E-state index in [-0.39, 0.29) is 11.7 Å². The Hall–Kier alpha value is -3.30. The number of hydrogen-bond acceptors (Lipinski definition) is 8. The van der Waals surface area contributed by atoms with Crippen LogP contribution in [0.2, 0.25) is 0 Å². The van der Waals surface area contributed by atoms with Gasteiger partial charge in [-0.05, 0) is 44.0 Å². The van der Waals surface area contributed by atoms with Gasteiger partial charge in [-0.25, -0.2) is 9.97 Å². The molecular formula is C26H27N3O5S. The Kier molecular flexibility index (Phi) is 6.79. The number of oxazole rings is 1. The van der Waals surface area contributed by atoms with Gasteiger partial charge in [-0.1, -0.05) is 30.0 Å². The minimum Gasteiger partial charge on any atom is -0.493 e. The highest BCUT2D eigenvalue weighted by atomic mass is 32.2. The number of para-hydroxylation sites is 2. The van der Waals surface area contributed by atoms with E-state index in [0.29, 0.717) is 57.1 Å². The summed E-state index contributed by atoms with van der Waals surface area (Å²) in [7, 11) is 3.18. The maximum Gasteiger partial charge on any atom is 0.262 e. The minimum absolute atomic E-state index is 0.0240. The summed E-state index contributed by atoms with van der Waals surface area (Å²) >= 11 is 1.47. The topological polar surface area (TPSA) is 88.6 Å². The number of fused-ring (bicyclic) bond motifs is 1. The van der Waals surface area contributed by atoms with E-state index in [2.05, 4.69) is 0 Å². The van der Waals surface area contributed by atoms with E-state index in [4.69, 9.17) is 28.6 Å². The predicted octanol–water partition coefficient (Wildman–Crippen LogP) is 4.85. The molecule has 0 aliphatic carbocycles. The summed E-state index contributed by atoms with van der Waals surface area (Å²) in [5, 5.41) is 1.26. The third kappa shape index (κ3) is 4.66. The Morgan fingerprint density at radius 3 is 2.74 bits per heavy atom. The monoisotopic (exact) mass is 493 g/mol. The zero-order chi connectivity index (χ0) is 24.4. The van der Waals surface area contributed by atoms with Crippen molar-refractivity contribution in [3.8, 4) is 23.0 Å². The molecule has 0 N–H and O–H groups in total. The highest BCUT2D eigenvalue weighted by molar-refractivity contribution is 7.98. The molecule has 0 radical (unpaired) electrons. The molecule has 1 unspecified atom stereocenters. The smallest absolute Gasteiger partial charge is 0.262 e. The lowest BCUT2D eigenvalue weighted by Gasteiger charge is -2.16. The van der Waals surface area contributed by atoms with Gasteiger partial charge in [0.1, 0.15) is 5.76 Å². The average Bonchev–Trinajstić information content (AvgIpc) is 3.53. The molecule has 9 heteroatoms. The Bertz CT molecular complexity index is 1410. The van der Waals surface area contributed by atoms with Crippen molar-refractivity contribution in [3.05, 3.63) is 64.3 Å². The Morgan fingerprint density at radius 1 is 1.11 bits per heavy atom. The van der Waals surface area contributed by atoms with Crippen LogP contribution in [0.1, 0.15) is 24.3 Å². The number of rotatable bonds is 8. The molecule has 2 aromatic carbocycles. The second kappa shape index (κ2) is 10.1. The average molecular weight is 494 g/mol. The zero-order valence-electron chi connectivity index (χ0n) is 19.9. The molecular weight excluding hydrogens is 466 g/mol. The van der Waals surface area contributed by atoms with Gasteiger partial charge in [0.25, 0.3) is 5.56 Å².